The molecule has 0 aliphatic heterocycles. The molecule has 12 heteroatoms. The Morgan fingerprint density at radius 2 is 0.913 bits per heavy atom. The molecule has 0 atom stereocenters. The highest BCUT2D eigenvalue weighted by Crippen LogP contribution is 2.32. The van der Waals surface area contributed by atoms with Crippen LogP contribution in [0.25, 0.3) is 45.1 Å². The zero-order chi connectivity index (χ0) is 33.4. The minimum Gasteiger partial charge on any atom is -0.508 e. The number of halogens is 2. The lowest BCUT2D eigenvalue weighted by molar-refractivity contribution is 0.432. The van der Waals surface area contributed by atoms with E-state index in [4.69, 9.17) is 0 Å². The SMILES string of the molecule is C=Cc1cn(-c2ccc(O)c(F)c2)c(=O)c2c(O)cc(O)cc12.C=Cc1cn(-c2ccc(O)c(F)c2)c(=O)c2c(O)cc(O)cc12. The van der Waals surface area contributed by atoms with Crippen LogP contribution in [0.1, 0.15) is 11.1 Å². The van der Waals surface area contributed by atoms with Crippen molar-refractivity contribution >= 4 is 33.7 Å². The van der Waals surface area contributed by atoms with Gasteiger partial charge in [0, 0.05) is 47.4 Å². The Labute approximate surface area is 257 Å². The van der Waals surface area contributed by atoms with Gasteiger partial charge in [-0.2, -0.15) is 0 Å². The number of rotatable bonds is 4. The van der Waals surface area contributed by atoms with Crippen LogP contribution in [0.4, 0.5) is 8.78 Å². The predicted molar refractivity (Wildman–Crippen MR) is 169 cm³/mol. The van der Waals surface area contributed by atoms with E-state index in [9.17, 15) is 49.0 Å². The molecule has 2 heterocycles. The van der Waals surface area contributed by atoms with Gasteiger partial charge < -0.3 is 30.6 Å². The maximum atomic E-state index is 13.6. The van der Waals surface area contributed by atoms with Gasteiger partial charge in [-0.3, -0.25) is 18.7 Å². The van der Waals surface area contributed by atoms with E-state index in [1.807, 2.05) is 0 Å². The summed E-state index contributed by atoms with van der Waals surface area (Å²) in [5.41, 5.74) is 0.130. The molecule has 6 rings (SSSR count). The van der Waals surface area contributed by atoms with Crippen molar-refractivity contribution < 1.29 is 39.4 Å². The summed E-state index contributed by atoms with van der Waals surface area (Å²) >= 11 is 0. The lowest BCUT2D eigenvalue weighted by atomic mass is 10.1. The van der Waals surface area contributed by atoms with Crippen molar-refractivity contribution in [1.29, 1.82) is 0 Å². The van der Waals surface area contributed by atoms with Gasteiger partial charge in [-0.05, 0) is 47.5 Å². The summed E-state index contributed by atoms with van der Waals surface area (Å²) < 4.78 is 29.4. The van der Waals surface area contributed by atoms with E-state index in [1.54, 1.807) is 0 Å². The number of hydrogen-bond acceptors (Lipinski definition) is 8. The minimum atomic E-state index is -0.871. The van der Waals surface area contributed by atoms with E-state index in [0.29, 0.717) is 21.9 Å². The number of phenolic OH excluding ortho intramolecular Hbond substituents is 6. The second-order valence-corrected chi connectivity index (χ2v) is 9.97. The fraction of sp³-hybridized carbons (Fsp3) is 0. The van der Waals surface area contributed by atoms with Crippen LogP contribution in [-0.2, 0) is 0 Å². The predicted octanol–water partition coefficient (Wildman–Crippen LogP) is 5.78. The number of aromatic hydroxyl groups is 6. The largest absolute Gasteiger partial charge is 0.508 e. The maximum absolute atomic E-state index is 13.6. The number of phenols is 6. The first-order valence-corrected chi connectivity index (χ1v) is 13.3. The Balaban J connectivity index is 0.000000181. The molecule has 0 saturated heterocycles. The molecule has 0 amide bonds. The van der Waals surface area contributed by atoms with Crippen LogP contribution in [0.3, 0.4) is 0 Å². The van der Waals surface area contributed by atoms with E-state index in [0.717, 1.165) is 45.5 Å². The molecule has 0 radical (unpaired) electrons. The summed E-state index contributed by atoms with van der Waals surface area (Å²) in [7, 11) is 0. The summed E-state index contributed by atoms with van der Waals surface area (Å²) in [5.74, 6) is -3.95. The number of aromatic nitrogens is 2. The minimum absolute atomic E-state index is 0.0197. The third kappa shape index (κ3) is 5.46. The van der Waals surface area contributed by atoms with Crippen LogP contribution in [0.5, 0.6) is 34.5 Å². The van der Waals surface area contributed by atoms with E-state index >= 15 is 0 Å². The molecule has 232 valence electrons. The summed E-state index contributed by atoms with van der Waals surface area (Å²) in [6, 6.07) is 11.8. The number of benzene rings is 4. The Hall–Kier alpha value is -6.56. The molecule has 0 aliphatic carbocycles. The highest BCUT2D eigenvalue weighted by molar-refractivity contribution is 5.96. The molecule has 2 aromatic heterocycles. The van der Waals surface area contributed by atoms with Crippen LogP contribution in [0.15, 0.2) is 95.8 Å². The van der Waals surface area contributed by atoms with E-state index in [1.165, 1.54) is 48.8 Å². The Kier molecular flexibility index (Phi) is 7.95. The highest BCUT2D eigenvalue weighted by Gasteiger charge is 2.16. The van der Waals surface area contributed by atoms with Gasteiger partial charge in [0.05, 0.1) is 22.1 Å². The quantitative estimate of drug-likeness (QED) is 0.143. The molecule has 6 N–H and O–H groups in total. The molecule has 0 fully saturated rings. The second-order valence-electron chi connectivity index (χ2n) is 9.97. The zero-order valence-corrected chi connectivity index (χ0v) is 23.6. The van der Waals surface area contributed by atoms with Crippen molar-refractivity contribution in [1.82, 2.24) is 9.13 Å². The molecule has 0 unspecified atom stereocenters. The smallest absolute Gasteiger partial charge is 0.266 e. The molecule has 10 nitrogen and oxygen atoms in total. The van der Waals surface area contributed by atoms with Crippen LogP contribution in [-0.4, -0.2) is 39.8 Å². The first-order valence-electron chi connectivity index (χ1n) is 13.3. The van der Waals surface area contributed by atoms with Gasteiger partial charge in [-0.1, -0.05) is 25.3 Å². The number of pyridine rings is 2. The normalized spacial score (nSPS) is 10.8. The third-order valence-electron chi connectivity index (χ3n) is 7.09. The summed E-state index contributed by atoms with van der Waals surface area (Å²) in [6.45, 7) is 7.29. The van der Waals surface area contributed by atoms with Crippen molar-refractivity contribution in [2.75, 3.05) is 0 Å². The highest BCUT2D eigenvalue weighted by atomic mass is 19.1. The fourth-order valence-electron chi connectivity index (χ4n) is 4.90. The molecular formula is C34H24F2N2O8. The molecule has 0 spiro atoms. The maximum Gasteiger partial charge on any atom is 0.266 e. The lowest BCUT2D eigenvalue weighted by Crippen LogP contribution is -2.19. The van der Waals surface area contributed by atoms with Gasteiger partial charge in [-0.25, -0.2) is 8.78 Å². The third-order valence-corrected chi connectivity index (χ3v) is 7.09. The van der Waals surface area contributed by atoms with Crippen molar-refractivity contribution in [3.63, 3.8) is 0 Å². The first-order chi connectivity index (χ1) is 21.8. The number of fused-ring (bicyclic) bond motifs is 2. The summed E-state index contributed by atoms with van der Waals surface area (Å²) in [5, 5.41) is 58.3. The second kappa shape index (κ2) is 11.8. The summed E-state index contributed by atoms with van der Waals surface area (Å²) in [4.78, 5) is 25.3. The van der Waals surface area contributed by atoms with Crippen LogP contribution in [0, 0.1) is 11.6 Å². The topological polar surface area (TPSA) is 165 Å². The molecule has 0 saturated carbocycles. The molecule has 6 aromatic rings. The van der Waals surface area contributed by atoms with Crippen molar-refractivity contribution in [2.24, 2.45) is 0 Å². The van der Waals surface area contributed by atoms with Crippen LogP contribution >= 0.6 is 0 Å². The van der Waals surface area contributed by atoms with Crippen LogP contribution in [0.2, 0.25) is 0 Å². The zero-order valence-electron chi connectivity index (χ0n) is 23.6. The number of nitrogens with zero attached hydrogens (tertiary/aromatic N) is 2. The van der Waals surface area contributed by atoms with Crippen molar-refractivity contribution in [3.05, 3.63) is 130 Å². The Morgan fingerprint density at radius 3 is 1.24 bits per heavy atom. The monoisotopic (exact) mass is 626 g/mol. The standard InChI is InChI=1S/2C17H12FNO4/c2*1-2-9-8-19(10-3-4-14(21)13(18)5-10)17(23)16-12(9)6-11(20)7-15(16)22/h2*2-8,20-22H,1H2. The van der Waals surface area contributed by atoms with Gasteiger partial charge in [0.1, 0.15) is 23.0 Å². The van der Waals surface area contributed by atoms with E-state index < -0.39 is 34.3 Å². The first kappa shape index (κ1) is 30.9. The Bertz CT molecular complexity index is 2180. The molecule has 46 heavy (non-hydrogen) atoms. The van der Waals surface area contributed by atoms with Gasteiger partial charge in [0.25, 0.3) is 11.1 Å². The van der Waals surface area contributed by atoms with E-state index in [2.05, 4.69) is 13.2 Å². The summed E-state index contributed by atoms with van der Waals surface area (Å²) in [6.07, 6.45) is 5.74. The van der Waals surface area contributed by atoms with Crippen molar-refractivity contribution in [2.45, 2.75) is 0 Å². The Morgan fingerprint density at radius 1 is 0.543 bits per heavy atom. The number of hydrogen-bond donors (Lipinski definition) is 6. The molecule has 0 aliphatic rings. The molecule has 4 aromatic carbocycles. The van der Waals surface area contributed by atoms with E-state index in [-0.39, 0.29) is 45.1 Å². The molecular weight excluding hydrogens is 602 g/mol. The van der Waals surface area contributed by atoms with Gasteiger partial charge >= 0.3 is 0 Å². The average Bonchev–Trinajstić information content (AvgIpc) is 3.00. The average molecular weight is 627 g/mol. The molecule has 0 bridgehead atoms. The van der Waals surface area contributed by atoms with Gasteiger partial charge in [-0.15, -0.1) is 0 Å². The fourth-order valence-corrected chi connectivity index (χ4v) is 4.90. The van der Waals surface area contributed by atoms with Gasteiger partial charge in [0.2, 0.25) is 0 Å². The van der Waals surface area contributed by atoms with Crippen LogP contribution < -0.4 is 11.1 Å². The lowest BCUT2D eigenvalue weighted by Gasteiger charge is -2.12. The van der Waals surface area contributed by atoms with Crippen molar-refractivity contribution in [3.8, 4) is 45.9 Å². The van der Waals surface area contributed by atoms with Gasteiger partial charge in [0.15, 0.2) is 23.1 Å².